The number of hydrogen-bond acceptors (Lipinski definition) is 6. The highest BCUT2D eigenvalue weighted by molar-refractivity contribution is 8.00. The fraction of sp³-hybridized carbons (Fsp3) is 0.391. The molecule has 7 heteroatoms. The van der Waals surface area contributed by atoms with Gasteiger partial charge in [0.05, 0.1) is 23.1 Å². The molecule has 0 N–H and O–H groups in total. The number of benzene rings is 2. The summed E-state index contributed by atoms with van der Waals surface area (Å²) in [5.74, 6) is 1.27. The molecule has 0 unspecified atom stereocenters. The van der Waals surface area contributed by atoms with Gasteiger partial charge in [0.15, 0.2) is 5.13 Å². The minimum absolute atomic E-state index is 0.0830. The Morgan fingerprint density at radius 2 is 1.83 bits per heavy atom. The summed E-state index contributed by atoms with van der Waals surface area (Å²) < 4.78 is 6.33. The molecule has 160 valence electrons. The molecule has 0 aliphatic heterocycles. The second-order valence-electron chi connectivity index (χ2n) is 6.95. The maximum Gasteiger partial charge on any atom is 0.239 e. The van der Waals surface area contributed by atoms with Crippen molar-refractivity contribution in [2.75, 3.05) is 43.9 Å². The lowest BCUT2D eigenvalue weighted by Gasteiger charge is -2.24. The standard InChI is InChI=1S/C23H29N3O2S2/c1-5-25(6-2)14-15-26(23-24-22-17(3)8-7-9-20(22)30-23)21(27)16-29-19-12-10-18(28-4)11-13-19/h7-13H,5-6,14-16H2,1-4H3. The highest BCUT2D eigenvalue weighted by Crippen LogP contribution is 2.31. The number of nitrogens with zero attached hydrogens (tertiary/aromatic N) is 3. The number of thioether (sulfide) groups is 1. The molecular formula is C23H29N3O2S2. The Balaban J connectivity index is 1.78. The lowest BCUT2D eigenvalue weighted by Crippen LogP contribution is -2.39. The van der Waals surface area contributed by atoms with Gasteiger partial charge < -0.3 is 9.64 Å². The first-order valence-electron chi connectivity index (χ1n) is 10.2. The minimum Gasteiger partial charge on any atom is -0.497 e. The average molecular weight is 444 g/mol. The van der Waals surface area contributed by atoms with Gasteiger partial charge in [-0.05, 0) is 55.9 Å². The number of anilines is 1. The summed E-state index contributed by atoms with van der Waals surface area (Å²) in [6.07, 6.45) is 0. The smallest absolute Gasteiger partial charge is 0.239 e. The maximum atomic E-state index is 13.2. The molecule has 1 heterocycles. The van der Waals surface area contributed by atoms with Gasteiger partial charge in [0.1, 0.15) is 5.75 Å². The van der Waals surface area contributed by atoms with E-state index in [2.05, 4.69) is 37.8 Å². The van der Waals surface area contributed by atoms with E-state index in [1.54, 1.807) is 30.2 Å². The zero-order valence-electron chi connectivity index (χ0n) is 18.1. The van der Waals surface area contributed by atoms with E-state index >= 15 is 0 Å². The van der Waals surface area contributed by atoms with E-state index < -0.39 is 0 Å². The highest BCUT2D eigenvalue weighted by atomic mass is 32.2. The molecule has 0 saturated heterocycles. The molecule has 0 atom stereocenters. The van der Waals surface area contributed by atoms with E-state index in [1.807, 2.05) is 35.2 Å². The lowest BCUT2D eigenvalue weighted by atomic mass is 10.2. The van der Waals surface area contributed by atoms with Crippen LogP contribution in [0.15, 0.2) is 47.4 Å². The number of fused-ring (bicyclic) bond motifs is 1. The highest BCUT2D eigenvalue weighted by Gasteiger charge is 2.21. The van der Waals surface area contributed by atoms with E-state index in [-0.39, 0.29) is 5.91 Å². The number of rotatable bonds is 10. The molecule has 30 heavy (non-hydrogen) atoms. The SMILES string of the molecule is CCN(CC)CCN(C(=O)CSc1ccc(OC)cc1)c1nc2c(C)cccc2s1. The summed E-state index contributed by atoms with van der Waals surface area (Å²) in [5, 5.41) is 0.784. The first kappa shape index (κ1) is 22.6. The molecule has 0 spiro atoms. The van der Waals surface area contributed by atoms with Crippen molar-refractivity contribution in [2.45, 2.75) is 25.7 Å². The van der Waals surface area contributed by atoms with Crippen LogP contribution in [0, 0.1) is 6.92 Å². The largest absolute Gasteiger partial charge is 0.497 e. The summed E-state index contributed by atoms with van der Waals surface area (Å²) in [6.45, 7) is 9.78. The summed E-state index contributed by atoms with van der Waals surface area (Å²) >= 11 is 3.13. The minimum atomic E-state index is 0.0830. The molecule has 0 bridgehead atoms. The van der Waals surface area contributed by atoms with Gasteiger partial charge in [-0.25, -0.2) is 4.98 Å². The van der Waals surface area contributed by atoms with Crippen LogP contribution in [-0.4, -0.2) is 54.8 Å². The second kappa shape index (κ2) is 10.8. The molecule has 0 aliphatic rings. The first-order valence-corrected chi connectivity index (χ1v) is 12.0. The Hall–Kier alpha value is -2.09. The van der Waals surface area contributed by atoms with Crippen LogP contribution in [-0.2, 0) is 4.79 Å². The summed E-state index contributed by atoms with van der Waals surface area (Å²) in [4.78, 5) is 23.3. The van der Waals surface area contributed by atoms with Gasteiger partial charge in [0, 0.05) is 18.0 Å². The molecule has 0 fully saturated rings. The third-order valence-electron chi connectivity index (χ3n) is 5.10. The fourth-order valence-electron chi connectivity index (χ4n) is 3.19. The summed E-state index contributed by atoms with van der Waals surface area (Å²) in [6, 6.07) is 14.0. The number of aryl methyl sites for hydroxylation is 1. The van der Waals surface area contributed by atoms with Gasteiger partial charge in [-0.2, -0.15) is 0 Å². The van der Waals surface area contributed by atoms with Crippen LogP contribution >= 0.6 is 23.1 Å². The molecule has 3 rings (SSSR count). The normalized spacial score (nSPS) is 11.2. The first-order chi connectivity index (χ1) is 14.5. The molecular weight excluding hydrogens is 414 g/mol. The zero-order chi connectivity index (χ0) is 21.5. The number of thiazole rings is 1. The van der Waals surface area contributed by atoms with Crippen molar-refractivity contribution in [2.24, 2.45) is 0 Å². The van der Waals surface area contributed by atoms with E-state index in [1.165, 1.54) is 0 Å². The molecule has 0 saturated carbocycles. The Labute approximate surface area is 187 Å². The third-order valence-corrected chi connectivity index (χ3v) is 7.14. The van der Waals surface area contributed by atoms with E-state index in [4.69, 9.17) is 9.72 Å². The number of aromatic nitrogens is 1. The van der Waals surface area contributed by atoms with Gasteiger partial charge in [0.2, 0.25) is 5.91 Å². The molecule has 1 amide bonds. The predicted molar refractivity (Wildman–Crippen MR) is 128 cm³/mol. The van der Waals surface area contributed by atoms with Crippen LogP contribution in [0.4, 0.5) is 5.13 Å². The van der Waals surface area contributed by atoms with Gasteiger partial charge in [-0.1, -0.05) is 37.3 Å². The van der Waals surface area contributed by atoms with Crippen LogP contribution in [0.5, 0.6) is 5.75 Å². The van der Waals surface area contributed by atoms with Crippen LogP contribution in [0.1, 0.15) is 19.4 Å². The lowest BCUT2D eigenvalue weighted by molar-refractivity contribution is -0.116. The van der Waals surface area contributed by atoms with Crippen molar-refractivity contribution in [1.29, 1.82) is 0 Å². The molecule has 2 aromatic carbocycles. The topological polar surface area (TPSA) is 45.7 Å². The molecule has 0 aliphatic carbocycles. The molecule has 1 aromatic heterocycles. The van der Waals surface area contributed by atoms with Crippen molar-refractivity contribution in [1.82, 2.24) is 9.88 Å². The van der Waals surface area contributed by atoms with Crippen LogP contribution in [0.3, 0.4) is 0 Å². The number of carbonyl (C=O) groups excluding carboxylic acids is 1. The van der Waals surface area contributed by atoms with Crippen LogP contribution in [0.2, 0.25) is 0 Å². The van der Waals surface area contributed by atoms with Gasteiger partial charge >= 0.3 is 0 Å². The van der Waals surface area contributed by atoms with Gasteiger partial charge in [0.25, 0.3) is 0 Å². The van der Waals surface area contributed by atoms with E-state index in [0.717, 1.165) is 51.2 Å². The second-order valence-corrected chi connectivity index (χ2v) is 9.01. The monoisotopic (exact) mass is 443 g/mol. The molecule has 3 aromatic rings. The van der Waals surface area contributed by atoms with Gasteiger partial charge in [-0.15, -0.1) is 11.8 Å². The Bertz CT molecular complexity index is 968. The number of para-hydroxylation sites is 1. The maximum absolute atomic E-state index is 13.2. The zero-order valence-corrected chi connectivity index (χ0v) is 19.7. The average Bonchev–Trinajstić information content (AvgIpc) is 3.21. The number of likely N-dealkylation sites (N-methyl/N-ethyl adjacent to an activating group) is 1. The number of methoxy groups -OCH3 is 1. The predicted octanol–water partition coefficient (Wildman–Crippen LogP) is 5.08. The number of hydrogen-bond donors (Lipinski definition) is 0. The van der Waals surface area contributed by atoms with Crippen molar-refractivity contribution in [3.8, 4) is 5.75 Å². The quantitative estimate of drug-likeness (QED) is 0.409. The van der Waals surface area contributed by atoms with Gasteiger partial charge in [-0.3, -0.25) is 9.69 Å². The Kier molecular flexibility index (Phi) is 8.13. The van der Waals surface area contributed by atoms with E-state index in [0.29, 0.717) is 12.3 Å². The Morgan fingerprint density at radius 1 is 1.10 bits per heavy atom. The van der Waals surface area contributed by atoms with Crippen molar-refractivity contribution < 1.29 is 9.53 Å². The summed E-state index contributed by atoms with van der Waals surface area (Å²) in [7, 11) is 1.65. The van der Waals surface area contributed by atoms with E-state index in [9.17, 15) is 4.79 Å². The van der Waals surface area contributed by atoms with Crippen LogP contribution < -0.4 is 9.64 Å². The van der Waals surface area contributed by atoms with Crippen molar-refractivity contribution in [3.63, 3.8) is 0 Å². The van der Waals surface area contributed by atoms with Crippen molar-refractivity contribution in [3.05, 3.63) is 48.0 Å². The van der Waals surface area contributed by atoms with Crippen molar-refractivity contribution >= 4 is 44.4 Å². The Morgan fingerprint density at radius 3 is 2.47 bits per heavy atom. The van der Waals surface area contributed by atoms with Crippen LogP contribution in [0.25, 0.3) is 10.2 Å². The third kappa shape index (κ3) is 5.53. The molecule has 5 nitrogen and oxygen atoms in total. The number of amides is 1. The molecule has 0 radical (unpaired) electrons. The fourth-order valence-corrected chi connectivity index (χ4v) is 5.05. The number of carbonyl (C=O) groups is 1. The number of ether oxygens (including phenoxy) is 1. The summed E-state index contributed by atoms with van der Waals surface area (Å²) in [5.41, 5.74) is 2.12.